The second kappa shape index (κ2) is 9.66. The number of aliphatic imine (C=N–C) groups is 1. The van der Waals surface area contributed by atoms with Gasteiger partial charge in [0, 0.05) is 29.9 Å². The Kier molecular flexibility index (Phi) is 6.99. The molecular weight excluding hydrogens is 361 g/mol. The number of rotatable bonds is 5. The van der Waals surface area contributed by atoms with Crippen molar-refractivity contribution in [2.75, 3.05) is 6.54 Å². The summed E-state index contributed by atoms with van der Waals surface area (Å²) in [5, 5.41) is 0. The number of allylic oxidation sites excluding steroid dienone is 3. The van der Waals surface area contributed by atoms with Crippen molar-refractivity contribution in [2.45, 2.75) is 45.2 Å². The Bertz CT molecular complexity index is 916. The Morgan fingerprint density at radius 3 is 2.76 bits per heavy atom. The van der Waals surface area contributed by atoms with Crippen molar-refractivity contribution in [3.8, 4) is 11.1 Å². The van der Waals surface area contributed by atoms with Gasteiger partial charge in [0.2, 0.25) is 0 Å². The van der Waals surface area contributed by atoms with E-state index in [-0.39, 0.29) is 17.9 Å². The van der Waals surface area contributed by atoms with Gasteiger partial charge in [-0.2, -0.15) is 0 Å². The highest BCUT2D eigenvalue weighted by Gasteiger charge is 2.27. The predicted molar refractivity (Wildman–Crippen MR) is 120 cm³/mol. The molecule has 0 aliphatic carbocycles. The van der Waals surface area contributed by atoms with E-state index in [1.807, 2.05) is 37.3 Å². The molecule has 2 aromatic rings. The van der Waals surface area contributed by atoms with Gasteiger partial charge in [-0.3, -0.25) is 0 Å². The molecule has 4 heteroatoms. The molecule has 2 atom stereocenters. The van der Waals surface area contributed by atoms with Crippen LogP contribution >= 0.6 is 0 Å². The van der Waals surface area contributed by atoms with Crippen LogP contribution in [0, 0.1) is 5.82 Å². The summed E-state index contributed by atoms with van der Waals surface area (Å²) in [4.78, 5) is 7.10. The van der Waals surface area contributed by atoms with E-state index in [0.29, 0.717) is 5.56 Å². The molecule has 0 aromatic heterocycles. The van der Waals surface area contributed by atoms with Crippen LogP contribution in [-0.4, -0.2) is 29.4 Å². The van der Waals surface area contributed by atoms with E-state index in [1.165, 1.54) is 6.07 Å². The van der Waals surface area contributed by atoms with Gasteiger partial charge in [0.15, 0.2) is 0 Å². The Hall–Kier alpha value is -2.72. The molecule has 1 aliphatic rings. The summed E-state index contributed by atoms with van der Waals surface area (Å²) in [7, 11) is 0. The maximum absolute atomic E-state index is 14.2. The maximum Gasteiger partial charge on any atom is 0.131 e. The Balaban J connectivity index is 1.91. The summed E-state index contributed by atoms with van der Waals surface area (Å²) < 4.78 is 14.2. The molecular formula is C25H30FN3. The van der Waals surface area contributed by atoms with Gasteiger partial charge < -0.3 is 10.6 Å². The van der Waals surface area contributed by atoms with Crippen LogP contribution in [0.3, 0.4) is 0 Å². The maximum atomic E-state index is 14.2. The fourth-order valence-electron chi connectivity index (χ4n) is 4.09. The minimum atomic E-state index is -0.202. The highest BCUT2D eigenvalue weighted by molar-refractivity contribution is 5.81. The second-order valence-corrected chi connectivity index (χ2v) is 7.49. The zero-order valence-electron chi connectivity index (χ0n) is 17.3. The number of likely N-dealkylation sites (N-methyl/N-ethyl adjacent to an activating group) is 1. The molecule has 3 nitrogen and oxygen atoms in total. The molecule has 29 heavy (non-hydrogen) atoms. The first kappa shape index (κ1) is 21.0. The first-order valence-corrected chi connectivity index (χ1v) is 10.3. The van der Waals surface area contributed by atoms with E-state index in [4.69, 9.17) is 10.7 Å². The molecule has 3 rings (SSSR count). The molecule has 2 unspecified atom stereocenters. The second-order valence-electron chi connectivity index (χ2n) is 7.49. The van der Waals surface area contributed by atoms with Gasteiger partial charge in [-0.05, 0) is 56.4 Å². The minimum absolute atomic E-state index is 0.0192. The molecule has 2 N–H and O–H groups in total. The Morgan fingerprint density at radius 1 is 1.24 bits per heavy atom. The molecule has 0 radical (unpaired) electrons. The lowest BCUT2D eigenvalue weighted by molar-refractivity contribution is 0.263. The predicted octanol–water partition coefficient (Wildman–Crippen LogP) is 5.34. The van der Waals surface area contributed by atoms with Crippen LogP contribution in [0.25, 0.3) is 11.1 Å². The van der Waals surface area contributed by atoms with Crippen LogP contribution in [0.5, 0.6) is 0 Å². The molecule has 0 saturated carbocycles. The van der Waals surface area contributed by atoms with Gasteiger partial charge in [-0.25, -0.2) is 9.38 Å². The summed E-state index contributed by atoms with van der Waals surface area (Å²) in [5.74, 6) is 0.776. The van der Waals surface area contributed by atoms with E-state index >= 15 is 0 Å². The third-order valence-corrected chi connectivity index (χ3v) is 5.56. The first-order valence-electron chi connectivity index (χ1n) is 10.3. The smallest absolute Gasteiger partial charge is 0.131 e. The lowest BCUT2D eigenvalue weighted by atomic mass is 9.92. The van der Waals surface area contributed by atoms with Crippen LogP contribution in [-0.2, 0) is 6.42 Å². The summed E-state index contributed by atoms with van der Waals surface area (Å²) in [6, 6.07) is 15.2. The van der Waals surface area contributed by atoms with Crippen molar-refractivity contribution in [1.82, 2.24) is 4.90 Å². The van der Waals surface area contributed by atoms with E-state index in [1.54, 1.807) is 12.1 Å². The molecule has 2 aromatic carbocycles. The molecule has 0 bridgehead atoms. The van der Waals surface area contributed by atoms with Crippen molar-refractivity contribution in [2.24, 2.45) is 10.7 Å². The molecule has 0 amide bonds. The van der Waals surface area contributed by atoms with Crippen LogP contribution in [0.15, 0.2) is 78.0 Å². The summed E-state index contributed by atoms with van der Waals surface area (Å²) in [6.07, 6.45) is 6.24. The summed E-state index contributed by atoms with van der Waals surface area (Å²) >= 11 is 0. The van der Waals surface area contributed by atoms with Crippen molar-refractivity contribution in [3.63, 3.8) is 0 Å². The highest BCUT2D eigenvalue weighted by Crippen LogP contribution is 2.26. The minimum Gasteiger partial charge on any atom is -0.356 e. The van der Waals surface area contributed by atoms with Gasteiger partial charge in [0.05, 0.1) is 0 Å². The quantitative estimate of drug-likeness (QED) is 0.748. The van der Waals surface area contributed by atoms with E-state index < -0.39 is 0 Å². The van der Waals surface area contributed by atoms with E-state index in [9.17, 15) is 4.39 Å². The van der Waals surface area contributed by atoms with Crippen molar-refractivity contribution < 1.29 is 4.39 Å². The lowest BCUT2D eigenvalue weighted by Gasteiger charge is -2.38. The molecule has 1 heterocycles. The van der Waals surface area contributed by atoms with Gasteiger partial charge in [-0.15, -0.1) is 0 Å². The third-order valence-electron chi connectivity index (χ3n) is 5.56. The van der Waals surface area contributed by atoms with Crippen LogP contribution in [0.1, 0.15) is 32.3 Å². The molecule has 152 valence electrons. The number of nitrogens with two attached hydrogens (primary N) is 1. The van der Waals surface area contributed by atoms with E-state index in [0.717, 1.165) is 48.5 Å². The van der Waals surface area contributed by atoms with Crippen LogP contribution < -0.4 is 5.73 Å². The first-order chi connectivity index (χ1) is 14.0. The molecule has 0 spiro atoms. The highest BCUT2D eigenvalue weighted by atomic mass is 19.1. The SMILES string of the molecule is C=CC=C1CCC(N)C(Cc2cccc(-c3ccccc3F)c2)N(CC)C(C)=N1. The Labute approximate surface area is 173 Å². The third kappa shape index (κ3) is 5.01. The average Bonchev–Trinajstić information content (AvgIpc) is 2.71. The van der Waals surface area contributed by atoms with Crippen molar-refractivity contribution in [1.29, 1.82) is 0 Å². The average molecular weight is 392 g/mol. The normalized spacial score (nSPS) is 21.4. The number of benzene rings is 2. The number of amidine groups is 1. The number of hydrogen-bond donors (Lipinski definition) is 1. The zero-order valence-corrected chi connectivity index (χ0v) is 17.3. The summed E-state index contributed by atoms with van der Waals surface area (Å²) in [5.41, 5.74) is 10.3. The van der Waals surface area contributed by atoms with Gasteiger partial charge in [0.25, 0.3) is 0 Å². The molecule has 1 aliphatic heterocycles. The summed E-state index contributed by atoms with van der Waals surface area (Å²) in [6.45, 7) is 8.80. The molecule has 0 fully saturated rings. The van der Waals surface area contributed by atoms with Gasteiger partial charge >= 0.3 is 0 Å². The fraction of sp³-hybridized carbons (Fsp3) is 0.320. The van der Waals surface area contributed by atoms with Crippen molar-refractivity contribution in [3.05, 3.63) is 84.3 Å². The van der Waals surface area contributed by atoms with Crippen LogP contribution in [0.2, 0.25) is 0 Å². The number of nitrogens with zero attached hydrogens (tertiary/aromatic N) is 2. The molecule has 0 saturated heterocycles. The largest absolute Gasteiger partial charge is 0.356 e. The van der Waals surface area contributed by atoms with Gasteiger partial charge in [0.1, 0.15) is 11.7 Å². The topological polar surface area (TPSA) is 41.6 Å². The van der Waals surface area contributed by atoms with E-state index in [2.05, 4.69) is 30.5 Å². The van der Waals surface area contributed by atoms with Crippen LogP contribution in [0.4, 0.5) is 4.39 Å². The monoisotopic (exact) mass is 391 g/mol. The zero-order chi connectivity index (χ0) is 20.8. The lowest BCUT2D eigenvalue weighted by Crippen LogP contribution is -2.51. The fourth-order valence-corrected chi connectivity index (χ4v) is 4.09. The van der Waals surface area contributed by atoms with Gasteiger partial charge in [-0.1, -0.05) is 55.1 Å². The standard InChI is InChI=1S/C25H30FN3/c1-4-9-21-14-15-24(27)25(29(5-2)18(3)28-21)17-19-10-8-11-20(16-19)22-12-6-7-13-23(22)26/h4,6-13,16,24-25H,1,5,14-15,17,27H2,2-3H3. The van der Waals surface area contributed by atoms with Crippen molar-refractivity contribution >= 4 is 5.84 Å². The number of hydrogen-bond acceptors (Lipinski definition) is 3. The number of halogens is 1. The Morgan fingerprint density at radius 2 is 2.03 bits per heavy atom.